The van der Waals surface area contributed by atoms with Gasteiger partial charge in [-0.25, -0.2) is 4.99 Å². The van der Waals surface area contributed by atoms with Crippen molar-refractivity contribution in [2.75, 3.05) is 13.6 Å². The molecule has 0 amide bonds. The van der Waals surface area contributed by atoms with Crippen LogP contribution >= 0.6 is 15.9 Å². The molecular formula is C18H29BrN4O. The number of phenolic OH excluding ortho intramolecular Hbond substituents is 1. The molecule has 1 unspecified atom stereocenters. The molecule has 0 radical (unpaired) electrons. The smallest absolute Gasteiger partial charge is 0.121 e. The van der Waals surface area contributed by atoms with Gasteiger partial charge in [-0.3, -0.25) is 4.90 Å². The minimum Gasteiger partial charge on any atom is -0.508 e. The van der Waals surface area contributed by atoms with E-state index in [-0.39, 0.29) is 11.8 Å². The molecule has 1 aliphatic heterocycles. The van der Waals surface area contributed by atoms with E-state index in [1.54, 1.807) is 12.1 Å². The molecule has 6 heteroatoms. The van der Waals surface area contributed by atoms with Crippen molar-refractivity contribution < 1.29 is 5.11 Å². The van der Waals surface area contributed by atoms with Gasteiger partial charge in [0.25, 0.3) is 0 Å². The Morgan fingerprint density at radius 2 is 1.92 bits per heavy atom. The third-order valence-corrected chi connectivity index (χ3v) is 3.61. The average Bonchev–Trinajstić information content (AvgIpc) is 2.71. The number of benzene rings is 1. The van der Waals surface area contributed by atoms with Gasteiger partial charge in [-0.15, -0.1) is 0 Å². The Bertz CT molecular complexity index is 597. The number of nitrogens with zero attached hydrogens (tertiary/aromatic N) is 2. The number of aromatic hydroxyl groups is 1. The highest BCUT2D eigenvalue weighted by molar-refractivity contribution is 9.10. The average molecular weight is 397 g/mol. The first-order valence-corrected chi connectivity index (χ1v) is 8.93. The largest absolute Gasteiger partial charge is 0.508 e. The van der Waals surface area contributed by atoms with Crippen molar-refractivity contribution >= 4 is 21.6 Å². The summed E-state index contributed by atoms with van der Waals surface area (Å²) in [7, 11) is 1.95. The predicted molar refractivity (Wildman–Crippen MR) is 107 cm³/mol. The Labute approximate surface area is 153 Å². The highest BCUT2D eigenvalue weighted by Crippen LogP contribution is 2.33. The predicted octanol–water partition coefficient (Wildman–Crippen LogP) is 3.91. The van der Waals surface area contributed by atoms with Gasteiger partial charge < -0.3 is 16.6 Å². The van der Waals surface area contributed by atoms with Crippen LogP contribution in [0.1, 0.15) is 39.3 Å². The van der Waals surface area contributed by atoms with Crippen molar-refractivity contribution in [1.82, 2.24) is 4.90 Å². The lowest BCUT2D eigenvalue weighted by molar-refractivity contribution is 0.327. The second-order valence-electron chi connectivity index (χ2n) is 4.57. The van der Waals surface area contributed by atoms with Crippen molar-refractivity contribution in [3.8, 4) is 5.75 Å². The first-order valence-electron chi connectivity index (χ1n) is 8.14. The Kier molecular flexibility index (Phi) is 10.8. The maximum absolute atomic E-state index is 10.2. The molecule has 1 aromatic rings. The summed E-state index contributed by atoms with van der Waals surface area (Å²) in [6, 6.07) is 5.20. The summed E-state index contributed by atoms with van der Waals surface area (Å²) in [5, 5.41) is 10.2. The molecule has 0 spiro atoms. The first-order chi connectivity index (χ1) is 11.5. The van der Waals surface area contributed by atoms with E-state index in [9.17, 15) is 5.11 Å². The van der Waals surface area contributed by atoms with Gasteiger partial charge in [0.2, 0.25) is 0 Å². The van der Waals surface area contributed by atoms with Gasteiger partial charge in [-0.05, 0) is 37.5 Å². The lowest BCUT2D eigenvalue weighted by Crippen LogP contribution is -2.29. The Hall–Kier alpha value is -1.79. The van der Waals surface area contributed by atoms with Crippen molar-refractivity contribution in [1.29, 1.82) is 0 Å². The third kappa shape index (κ3) is 6.02. The summed E-state index contributed by atoms with van der Waals surface area (Å²) in [4.78, 5) is 6.41. The van der Waals surface area contributed by atoms with Gasteiger partial charge in [0.05, 0.1) is 11.8 Å². The zero-order chi connectivity index (χ0) is 18.7. The summed E-state index contributed by atoms with van der Waals surface area (Å²) in [6.45, 7) is 8.64. The zero-order valence-corrected chi connectivity index (χ0v) is 16.7. The number of halogens is 1. The van der Waals surface area contributed by atoms with E-state index in [4.69, 9.17) is 11.5 Å². The molecule has 0 aromatic heterocycles. The summed E-state index contributed by atoms with van der Waals surface area (Å²) in [6.07, 6.45) is 4.96. The number of rotatable bonds is 2. The van der Waals surface area contributed by atoms with Crippen molar-refractivity contribution in [3.05, 3.63) is 52.4 Å². The number of phenols is 1. The quantitative estimate of drug-likeness (QED) is 0.706. The molecule has 2 rings (SSSR count). The Morgan fingerprint density at radius 3 is 2.46 bits per heavy atom. The van der Waals surface area contributed by atoms with Gasteiger partial charge in [0.15, 0.2) is 0 Å². The van der Waals surface area contributed by atoms with Crippen LogP contribution in [0.2, 0.25) is 0 Å². The molecule has 0 aliphatic carbocycles. The zero-order valence-electron chi connectivity index (χ0n) is 15.1. The summed E-state index contributed by atoms with van der Waals surface area (Å²) in [5.74, 6) is 0.652. The molecule has 0 bridgehead atoms. The molecule has 0 saturated heterocycles. The van der Waals surface area contributed by atoms with E-state index >= 15 is 0 Å². The molecule has 5 N–H and O–H groups in total. The van der Waals surface area contributed by atoms with E-state index in [1.807, 2.05) is 57.9 Å². The number of hydrogen-bond acceptors (Lipinski definition) is 5. The molecule has 0 fully saturated rings. The summed E-state index contributed by atoms with van der Waals surface area (Å²) in [5.41, 5.74) is 12.8. The molecule has 1 aromatic carbocycles. The van der Waals surface area contributed by atoms with Crippen LogP contribution < -0.4 is 11.5 Å². The molecule has 1 atom stereocenters. The van der Waals surface area contributed by atoms with Crippen LogP contribution in [0.3, 0.4) is 0 Å². The maximum atomic E-state index is 10.2. The van der Waals surface area contributed by atoms with Gasteiger partial charge in [0.1, 0.15) is 11.6 Å². The third-order valence-electron chi connectivity index (χ3n) is 3.12. The molecule has 1 heterocycles. The lowest BCUT2D eigenvalue weighted by Gasteiger charge is -2.27. The topological polar surface area (TPSA) is 87.9 Å². The SMILES string of the molecule is CC.CC.CN1CC=C(N)N=C(/C=C\N)C1c1ccc(Br)cc1O. The minimum atomic E-state index is -0.208. The van der Waals surface area contributed by atoms with Crippen molar-refractivity contribution in [2.24, 2.45) is 16.5 Å². The molecule has 5 nitrogen and oxygen atoms in total. The van der Waals surface area contributed by atoms with E-state index < -0.39 is 0 Å². The van der Waals surface area contributed by atoms with Crippen LogP contribution in [0.5, 0.6) is 5.75 Å². The first kappa shape index (κ1) is 22.2. The normalized spacial score (nSPS) is 17.7. The highest BCUT2D eigenvalue weighted by atomic mass is 79.9. The second-order valence-corrected chi connectivity index (χ2v) is 5.49. The monoisotopic (exact) mass is 396 g/mol. The second kappa shape index (κ2) is 11.7. The number of nitrogens with two attached hydrogens (primary N) is 2. The molecule has 0 saturated carbocycles. The van der Waals surface area contributed by atoms with Gasteiger partial charge in [-0.2, -0.15) is 0 Å². The van der Waals surface area contributed by atoms with Crippen LogP contribution in [0, 0.1) is 0 Å². The molecule has 134 valence electrons. The Morgan fingerprint density at radius 1 is 1.29 bits per heavy atom. The van der Waals surface area contributed by atoms with Gasteiger partial charge in [-0.1, -0.05) is 49.7 Å². The fourth-order valence-corrected chi connectivity index (χ4v) is 2.55. The van der Waals surface area contributed by atoms with Crippen LogP contribution in [0.25, 0.3) is 0 Å². The van der Waals surface area contributed by atoms with Crippen molar-refractivity contribution in [2.45, 2.75) is 33.7 Å². The minimum absolute atomic E-state index is 0.204. The fraction of sp³-hybridized carbons (Fsp3) is 0.389. The van der Waals surface area contributed by atoms with E-state index in [2.05, 4.69) is 20.9 Å². The van der Waals surface area contributed by atoms with Gasteiger partial charge >= 0.3 is 0 Å². The number of hydrogen-bond donors (Lipinski definition) is 3. The highest BCUT2D eigenvalue weighted by Gasteiger charge is 2.25. The summed E-state index contributed by atoms with van der Waals surface area (Å²) >= 11 is 3.34. The van der Waals surface area contributed by atoms with E-state index in [1.165, 1.54) is 6.20 Å². The van der Waals surface area contributed by atoms with Crippen LogP contribution in [-0.2, 0) is 0 Å². The maximum Gasteiger partial charge on any atom is 0.121 e. The fourth-order valence-electron chi connectivity index (χ4n) is 2.20. The van der Waals surface area contributed by atoms with Crippen molar-refractivity contribution in [3.63, 3.8) is 0 Å². The van der Waals surface area contributed by atoms with E-state index in [0.717, 1.165) is 10.0 Å². The standard InChI is InChI=1S/C14H17BrN4O.2C2H6/c1-19-7-5-13(17)18-11(4-6-16)14(19)10-3-2-9(15)8-12(10)20;2*1-2/h2-6,8,14,20H,7,16-17H2,1H3;2*1-2H3/b6-4-;;. The molecule has 24 heavy (non-hydrogen) atoms. The van der Waals surface area contributed by atoms with E-state index in [0.29, 0.717) is 18.1 Å². The van der Waals surface area contributed by atoms with Crippen LogP contribution in [0.15, 0.2) is 51.8 Å². The van der Waals surface area contributed by atoms with Gasteiger partial charge in [0, 0.05) is 16.6 Å². The van der Waals surface area contributed by atoms with Crippen LogP contribution in [-0.4, -0.2) is 29.3 Å². The molecular weight excluding hydrogens is 368 g/mol. The lowest BCUT2D eigenvalue weighted by atomic mass is 9.99. The Balaban J connectivity index is 0.00000123. The number of aliphatic imine (C=N–C) groups is 1. The van der Waals surface area contributed by atoms with Crippen LogP contribution in [0.4, 0.5) is 0 Å². The molecule has 1 aliphatic rings. The summed E-state index contributed by atoms with van der Waals surface area (Å²) < 4.78 is 0.820. The number of likely N-dealkylation sites (N-methyl/N-ethyl adjacent to an activating group) is 1.